The van der Waals surface area contributed by atoms with Crippen LogP contribution in [-0.4, -0.2) is 34.6 Å². The predicted molar refractivity (Wildman–Crippen MR) is 89.3 cm³/mol. The van der Waals surface area contributed by atoms with Gasteiger partial charge in [-0.3, -0.25) is 9.88 Å². The van der Waals surface area contributed by atoms with Crippen LogP contribution in [0.5, 0.6) is 0 Å². The van der Waals surface area contributed by atoms with Gasteiger partial charge in [-0.2, -0.15) is 0 Å². The average molecular weight is 289 g/mol. The molecular weight excluding hydrogens is 258 g/mol. The molecule has 2 heterocycles. The predicted octanol–water partition coefficient (Wildman–Crippen LogP) is 3.38. The average Bonchev–Trinajstić information content (AvgIpc) is 2.49. The Labute approximate surface area is 130 Å². The van der Waals surface area contributed by atoms with E-state index in [4.69, 9.17) is 0 Å². The highest BCUT2D eigenvalue weighted by Gasteiger charge is 2.37. The van der Waals surface area contributed by atoms with E-state index in [0.29, 0.717) is 12.0 Å². The Hall–Kier alpha value is -0.930. The molecule has 3 nitrogen and oxygen atoms in total. The Bertz CT molecular complexity index is 452. The zero-order valence-corrected chi connectivity index (χ0v) is 14.3. The lowest BCUT2D eigenvalue weighted by molar-refractivity contribution is 0.0441. The van der Waals surface area contributed by atoms with Gasteiger partial charge in [0.15, 0.2) is 0 Å². The van der Waals surface area contributed by atoms with Gasteiger partial charge < -0.3 is 5.32 Å². The molecule has 0 aliphatic carbocycles. The fourth-order valence-electron chi connectivity index (χ4n) is 3.46. The summed E-state index contributed by atoms with van der Waals surface area (Å²) in [5, 5.41) is 3.84. The fraction of sp³-hybridized carbons (Fsp3) is 0.722. The summed E-state index contributed by atoms with van der Waals surface area (Å²) in [6.07, 6.45) is 6.29. The third kappa shape index (κ3) is 3.64. The van der Waals surface area contributed by atoms with Crippen molar-refractivity contribution in [2.45, 2.75) is 65.6 Å². The van der Waals surface area contributed by atoms with E-state index in [9.17, 15) is 0 Å². The van der Waals surface area contributed by atoms with Crippen LogP contribution in [0.2, 0.25) is 0 Å². The zero-order valence-electron chi connectivity index (χ0n) is 14.3. The quantitative estimate of drug-likeness (QED) is 0.900. The van der Waals surface area contributed by atoms with Gasteiger partial charge in [0.2, 0.25) is 0 Å². The van der Waals surface area contributed by atoms with Crippen LogP contribution in [0.4, 0.5) is 0 Å². The van der Waals surface area contributed by atoms with Crippen molar-refractivity contribution in [2.24, 2.45) is 5.92 Å². The topological polar surface area (TPSA) is 28.2 Å². The standard InChI is InChI=1S/C18H31N3/c1-6-18(7-2)13-21(17(11-20-18)14(3)4)12-16-8-9-19-10-15(16)5/h8-10,14,17,20H,6-7,11-13H2,1-5H3. The Morgan fingerprint density at radius 1 is 1.38 bits per heavy atom. The first-order valence-electron chi connectivity index (χ1n) is 8.40. The van der Waals surface area contributed by atoms with Crippen LogP contribution in [0.3, 0.4) is 0 Å². The van der Waals surface area contributed by atoms with Crippen LogP contribution in [-0.2, 0) is 6.54 Å². The van der Waals surface area contributed by atoms with Crippen molar-refractivity contribution in [1.29, 1.82) is 0 Å². The fourth-order valence-corrected chi connectivity index (χ4v) is 3.46. The third-order valence-corrected chi connectivity index (χ3v) is 5.29. The van der Waals surface area contributed by atoms with Gasteiger partial charge in [0, 0.05) is 43.6 Å². The van der Waals surface area contributed by atoms with Gasteiger partial charge >= 0.3 is 0 Å². The number of nitrogens with zero attached hydrogens (tertiary/aromatic N) is 2. The molecule has 0 saturated carbocycles. The number of nitrogens with one attached hydrogen (secondary N) is 1. The molecule has 1 aromatic heterocycles. The third-order valence-electron chi connectivity index (χ3n) is 5.29. The lowest BCUT2D eigenvalue weighted by atomic mass is 9.86. The molecule has 0 bridgehead atoms. The number of pyridine rings is 1. The van der Waals surface area contributed by atoms with Crippen LogP contribution in [0.1, 0.15) is 51.7 Å². The summed E-state index contributed by atoms with van der Waals surface area (Å²) in [5.41, 5.74) is 3.00. The Kier molecular flexibility index (Phi) is 5.39. The van der Waals surface area contributed by atoms with Gasteiger partial charge in [0.05, 0.1) is 0 Å². The molecule has 0 aromatic carbocycles. The highest BCUT2D eigenvalue weighted by atomic mass is 15.3. The van der Waals surface area contributed by atoms with Crippen molar-refractivity contribution in [3.05, 3.63) is 29.6 Å². The highest BCUT2D eigenvalue weighted by Crippen LogP contribution is 2.27. The molecule has 1 aromatic rings. The van der Waals surface area contributed by atoms with E-state index in [-0.39, 0.29) is 5.54 Å². The first kappa shape index (κ1) is 16.4. The number of piperazine rings is 1. The smallest absolute Gasteiger partial charge is 0.0304 e. The van der Waals surface area contributed by atoms with Gasteiger partial charge in [-0.25, -0.2) is 0 Å². The second kappa shape index (κ2) is 6.89. The van der Waals surface area contributed by atoms with Gasteiger partial charge in [-0.05, 0) is 42.9 Å². The maximum absolute atomic E-state index is 4.22. The summed E-state index contributed by atoms with van der Waals surface area (Å²) in [6, 6.07) is 2.79. The van der Waals surface area contributed by atoms with Gasteiger partial charge in [-0.15, -0.1) is 0 Å². The largest absolute Gasteiger partial charge is 0.308 e. The number of aromatic nitrogens is 1. The van der Waals surface area contributed by atoms with E-state index in [2.05, 4.69) is 55.9 Å². The minimum atomic E-state index is 0.284. The number of hydrogen-bond donors (Lipinski definition) is 1. The number of hydrogen-bond acceptors (Lipinski definition) is 3. The molecule has 1 aliphatic rings. The second-order valence-electron chi connectivity index (χ2n) is 6.89. The second-order valence-corrected chi connectivity index (χ2v) is 6.89. The minimum absolute atomic E-state index is 0.284. The number of rotatable bonds is 5. The maximum atomic E-state index is 4.22. The molecule has 1 atom stereocenters. The van der Waals surface area contributed by atoms with Crippen molar-refractivity contribution in [2.75, 3.05) is 13.1 Å². The van der Waals surface area contributed by atoms with E-state index < -0.39 is 0 Å². The van der Waals surface area contributed by atoms with Gasteiger partial charge in [0.1, 0.15) is 0 Å². The van der Waals surface area contributed by atoms with Crippen LogP contribution in [0.25, 0.3) is 0 Å². The lowest BCUT2D eigenvalue weighted by Crippen LogP contribution is -2.64. The van der Waals surface area contributed by atoms with E-state index in [1.165, 1.54) is 24.0 Å². The molecule has 118 valence electrons. The molecule has 1 N–H and O–H groups in total. The molecule has 21 heavy (non-hydrogen) atoms. The Balaban J connectivity index is 2.20. The van der Waals surface area contributed by atoms with Crippen LogP contribution in [0, 0.1) is 12.8 Å². The summed E-state index contributed by atoms with van der Waals surface area (Å²) < 4.78 is 0. The van der Waals surface area contributed by atoms with E-state index in [0.717, 1.165) is 19.6 Å². The molecular formula is C18H31N3. The first-order chi connectivity index (χ1) is 10.0. The SMILES string of the molecule is CCC1(CC)CN(Cc2ccncc2C)C(C(C)C)CN1. The number of aryl methyl sites for hydroxylation is 1. The summed E-state index contributed by atoms with van der Waals surface area (Å²) in [4.78, 5) is 6.91. The summed E-state index contributed by atoms with van der Waals surface area (Å²) in [6.45, 7) is 14.7. The van der Waals surface area contributed by atoms with Gasteiger partial charge in [0.25, 0.3) is 0 Å². The molecule has 1 aliphatic heterocycles. The van der Waals surface area contributed by atoms with Crippen molar-refractivity contribution in [3.8, 4) is 0 Å². The summed E-state index contributed by atoms with van der Waals surface area (Å²) >= 11 is 0. The normalized spacial score (nSPS) is 22.7. The van der Waals surface area contributed by atoms with Gasteiger partial charge in [-0.1, -0.05) is 27.7 Å². The summed E-state index contributed by atoms with van der Waals surface area (Å²) in [5.74, 6) is 0.673. The summed E-state index contributed by atoms with van der Waals surface area (Å²) in [7, 11) is 0. The molecule has 0 spiro atoms. The molecule has 0 radical (unpaired) electrons. The Morgan fingerprint density at radius 3 is 2.67 bits per heavy atom. The van der Waals surface area contributed by atoms with Crippen molar-refractivity contribution < 1.29 is 0 Å². The molecule has 1 unspecified atom stereocenters. The van der Waals surface area contributed by atoms with Crippen molar-refractivity contribution in [3.63, 3.8) is 0 Å². The molecule has 3 heteroatoms. The van der Waals surface area contributed by atoms with Crippen LogP contribution in [0.15, 0.2) is 18.5 Å². The minimum Gasteiger partial charge on any atom is -0.308 e. The van der Waals surface area contributed by atoms with E-state index in [1.54, 1.807) is 0 Å². The zero-order chi connectivity index (χ0) is 15.5. The molecule has 2 rings (SSSR count). The molecule has 1 fully saturated rings. The van der Waals surface area contributed by atoms with E-state index >= 15 is 0 Å². The van der Waals surface area contributed by atoms with Crippen molar-refractivity contribution >= 4 is 0 Å². The van der Waals surface area contributed by atoms with Crippen LogP contribution >= 0.6 is 0 Å². The van der Waals surface area contributed by atoms with E-state index in [1.807, 2.05) is 12.4 Å². The van der Waals surface area contributed by atoms with Crippen molar-refractivity contribution in [1.82, 2.24) is 15.2 Å². The molecule has 0 amide bonds. The maximum Gasteiger partial charge on any atom is 0.0304 e. The first-order valence-corrected chi connectivity index (χ1v) is 8.40. The molecule has 1 saturated heterocycles. The highest BCUT2D eigenvalue weighted by molar-refractivity contribution is 5.21. The Morgan fingerprint density at radius 2 is 2.10 bits per heavy atom. The van der Waals surface area contributed by atoms with Crippen LogP contribution < -0.4 is 5.32 Å². The lowest BCUT2D eigenvalue weighted by Gasteiger charge is -2.49. The monoisotopic (exact) mass is 289 g/mol.